The molecule has 0 heterocycles. The minimum Gasteiger partial charge on any atom is -0.506 e. The number of hydrogen-bond acceptors (Lipinski definition) is 3. The minimum absolute atomic E-state index is 0.0746. The van der Waals surface area contributed by atoms with E-state index in [1.54, 1.807) is 13.8 Å². The van der Waals surface area contributed by atoms with Gasteiger partial charge < -0.3 is 15.7 Å². The summed E-state index contributed by atoms with van der Waals surface area (Å²) in [5, 5.41) is 14.5. The number of rotatable bonds is 4. The summed E-state index contributed by atoms with van der Waals surface area (Å²) in [4.78, 5) is 23.0. The monoisotopic (exact) mass is 270 g/mol. The van der Waals surface area contributed by atoms with Gasteiger partial charge in [0.1, 0.15) is 5.75 Å². The summed E-state index contributed by atoms with van der Waals surface area (Å²) >= 11 is 5.73. The van der Waals surface area contributed by atoms with Crippen LogP contribution in [0.3, 0.4) is 0 Å². The van der Waals surface area contributed by atoms with Crippen LogP contribution in [0.4, 0.5) is 0 Å². The van der Waals surface area contributed by atoms with E-state index in [1.807, 2.05) is 0 Å². The molecule has 0 aliphatic rings. The van der Waals surface area contributed by atoms with Crippen molar-refractivity contribution in [3.8, 4) is 5.75 Å². The molecule has 0 atom stereocenters. The average Bonchev–Trinajstić information content (AvgIpc) is 2.31. The van der Waals surface area contributed by atoms with Crippen molar-refractivity contribution in [2.45, 2.75) is 13.8 Å². The van der Waals surface area contributed by atoms with E-state index in [0.717, 1.165) is 0 Å². The van der Waals surface area contributed by atoms with Crippen molar-refractivity contribution in [3.63, 3.8) is 0 Å². The van der Waals surface area contributed by atoms with Crippen molar-refractivity contribution in [3.05, 3.63) is 28.3 Å². The molecular formula is C12H15ClN2O3. The van der Waals surface area contributed by atoms with Gasteiger partial charge in [0.25, 0.3) is 5.91 Å². The van der Waals surface area contributed by atoms with E-state index >= 15 is 0 Å². The Morgan fingerprint density at radius 1 is 1.33 bits per heavy atom. The molecule has 18 heavy (non-hydrogen) atoms. The van der Waals surface area contributed by atoms with Crippen molar-refractivity contribution < 1.29 is 14.7 Å². The Bertz CT molecular complexity index is 475. The fourth-order valence-corrected chi connectivity index (χ4v) is 1.59. The Kier molecular flexibility index (Phi) is 4.97. The van der Waals surface area contributed by atoms with E-state index < -0.39 is 5.91 Å². The van der Waals surface area contributed by atoms with Crippen LogP contribution < -0.4 is 10.6 Å². The molecule has 0 aromatic heterocycles. The maximum atomic E-state index is 11.8. The highest BCUT2D eigenvalue weighted by Crippen LogP contribution is 2.26. The SMILES string of the molecule is CCNC(=O)CNC(=O)c1cc(Cl)c(O)cc1C. The van der Waals surface area contributed by atoms with Crippen LogP contribution in [0.15, 0.2) is 12.1 Å². The second kappa shape index (κ2) is 6.26. The Hall–Kier alpha value is -1.75. The van der Waals surface area contributed by atoms with Gasteiger partial charge in [-0.25, -0.2) is 0 Å². The number of carbonyl (C=O) groups is 2. The van der Waals surface area contributed by atoms with Crippen LogP contribution in [0.2, 0.25) is 5.02 Å². The number of amides is 2. The summed E-state index contributed by atoms with van der Waals surface area (Å²) in [5.74, 6) is -0.733. The quantitative estimate of drug-likeness (QED) is 0.770. The number of carbonyl (C=O) groups excluding carboxylic acids is 2. The highest BCUT2D eigenvalue weighted by molar-refractivity contribution is 6.32. The van der Waals surface area contributed by atoms with Crippen LogP contribution in [0.1, 0.15) is 22.8 Å². The summed E-state index contributed by atoms with van der Waals surface area (Å²) in [5.41, 5.74) is 0.924. The number of hydrogen-bond donors (Lipinski definition) is 3. The zero-order chi connectivity index (χ0) is 13.7. The number of phenols is 1. The molecule has 0 saturated heterocycles. The van der Waals surface area contributed by atoms with Crippen LogP contribution in [0.5, 0.6) is 5.75 Å². The lowest BCUT2D eigenvalue weighted by atomic mass is 10.1. The van der Waals surface area contributed by atoms with E-state index in [4.69, 9.17) is 11.6 Å². The number of nitrogens with one attached hydrogen (secondary N) is 2. The highest BCUT2D eigenvalue weighted by atomic mass is 35.5. The molecule has 0 fully saturated rings. The first-order valence-electron chi connectivity index (χ1n) is 5.49. The molecule has 1 rings (SSSR count). The van der Waals surface area contributed by atoms with Gasteiger partial charge in [0.15, 0.2) is 0 Å². The van der Waals surface area contributed by atoms with E-state index in [9.17, 15) is 14.7 Å². The number of benzene rings is 1. The maximum absolute atomic E-state index is 11.8. The predicted molar refractivity (Wildman–Crippen MR) is 68.9 cm³/mol. The van der Waals surface area contributed by atoms with Crippen LogP contribution in [-0.4, -0.2) is 30.0 Å². The Balaban J connectivity index is 2.73. The van der Waals surface area contributed by atoms with Crippen LogP contribution in [0, 0.1) is 6.92 Å². The Morgan fingerprint density at radius 2 is 2.00 bits per heavy atom. The van der Waals surface area contributed by atoms with Gasteiger partial charge in [-0.2, -0.15) is 0 Å². The Morgan fingerprint density at radius 3 is 2.61 bits per heavy atom. The van der Waals surface area contributed by atoms with Crippen LogP contribution in [0.25, 0.3) is 0 Å². The topological polar surface area (TPSA) is 78.4 Å². The van der Waals surface area contributed by atoms with Crippen molar-refractivity contribution in [2.24, 2.45) is 0 Å². The summed E-state index contributed by atoms with van der Waals surface area (Å²) in [7, 11) is 0. The first kappa shape index (κ1) is 14.3. The zero-order valence-corrected chi connectivity index (χ0v) is 11.0. The molecule has 6 heteroatoms. The van der Waals surface area contributed by atoms with Gasteiger partial charge in [-0.1, -0.05) is 11.6 Å². The third kappa shape index (κ3) is 3.63. The van der Waals surface area contributed by atoms with Crippen molar-refractivity contribution in [2.75, 3.05) is 13.1 Å². The lowest BCUT2D eigenvalue weighted by Gasteiger charge is -2.09. The molecule has 0 spiro atoms. The summed E-state index contributed by atoms with van der Waals surface area (Å²) in [6, 6.07) is 2.78. The predicted octanol–water partition coefficient (Wildman–Crippen LogP) is 1.22. The Labute approximate surface area is 110 Å². The summed E-state index contributed by atoms with van der Waals surface area (Å²) in [6.45, 7) is 3.89. The average molecular weight is 271 g/mol. The number of aromatic hydroxyl groups is 1. The van der Waals surface area contributed by atoms with Crippen LogP contribution in [-0.2, 0) is 4.79 Å². The lowest BCUT2D eigenvalue weighted by Crippen LogP contribution is -2.36. The van der Waals surface area contributed by atoms with Gasteiger partial charge in [-0.15, -0.1) is 0 Å². The third-order valence-electron chi connectivity index (χ3n) is 2.32. The number of likely N-dealkylation sites (N-methyl/N-ethyl adjacent to an activating group) is 1. The molecule has 0 bridgehead atoms. The van der Waals surface area contributed by atoms with Crippen LogP contribution >= 0.6 is 11.6 Å². The standard InChI is InChI=1S/C12H15ClN2O3/c1-3-14-11(17)6-15-12(18)8-5-9(13)10(16)4-7(8)2/h4-5,16H,3,6H2,1-2H3,(H,14,17)(H,15,18). The third-order valence-corrected chi connectivity index (χ3v) is 2.62. The highest BCUT2D eigenvalue weighted by Gasteiger charge is 2.13. The smallest absolute Gasteiger partial charge is 0.252 e. The minimum atomic E-state index is -0.402. The zero-order valence-electron chi connectivity index (χ0n) is 10.2. The molecule has 2 amide bonds. The molecule has 0 saturated carbocycles. The molecule has 3 N–H and O–H groups in total. The van der Waals surface area contributed by atoms with Gasteiger partial charge >= 0.3 is 0 Å². The van der Waals surface area contributed by atoms with Gasteiger partial charge in [-0.3, -0.25) is 9.59 Å². The summed E-state index contributed by atoms with van der Waals surface area (Å²) in [6.07, 6.45) is 0. The molecule has 0 aliphatic heterocycles. The fourth-order valence-electron chi connectivity index (χ4n) is 1.43. The molecule has 0 unspecified atom stereocenters. The van der Waals surface area contributed by atoms with E-state index in [1.165, 1.54) is 12.1 Å². The van der Waals surface area contributed by atoms with Crippen molar-refractivity contribution in [1.29, 1.82) is 0 Å². The normalized spacial score (nSPS) is 9.94. The van der Waals surface area contributed by atoms with E-state index in [0.29, 0.717) is 17.7 Å². The van der Waals surface area contributed by atoms with Gasteiger partial charge in [0, 0.05) is 12.1 Å². The molecule has 5 nitrogen and oxygen atoms in total. The molecule has 0 radical (unpaired) electrons. The van der Waals surface area contributed by atoms with Gasteiger partial charge in [0.05, 0.1) is 11.6 Å². The second-order valence-corrected chi connectivity index (χ2v) is 4.16. The molecule has 1 aromatic carbocycles. The summed E-state index contributed by atoms with van der Waals surface area (Å²) < 4.78 is 0. The van der Waals surface area contributed by atoms with E-state index in [-0.39, 0.29) is 23.2 Å². The first-order chi connectivity index (χ1) is 8.45. The molecule has 1 aromatic rings. The van der Waals surface area contributed by atoms with Crippen molar-refractivity contribution >= 4 is 23.4 Å². The molecule has 0 aliphatic carbocycles. The maximum Gasteiger partial charge on any atom is 0.252 e. The first-order valence-corrected chi connectivity index (χ1v) is 5.87. The number of phenolic OH excluding ortho intramolecular Hbond substituents is 1. The van der Waals surface area contributed by atoms with E-state index in [2.05, 4.69) is 10.6 Å². The fraction of sp³-hybridized carbons (Fsp3) is 0.333. The molecular weight excluding hydrogens is 256 g/mol. The largest absolute Gasteiger partial charge is 0.506 e. The lowest BCUT2D eigenvalue weighted by molar-refractivity contribution is -0.120. The molecule has 98 valence electrons. The van der Waals surface area contributed by atoms with Crippen molar-refractivity contribution in [1.82, 2.24) is 10.6 Å². The number of aryl methyl sites for hydroxylation is 1. The second-order valence-electron chi connectivity index (χ2n) is 3.75. The van der Waals surface area contributed by atoms with Gasteiger partial charge in [0.2, 0.25) is 5.91 Å². The van der Waals surface area contributed by atoms with Gasteiger partial charge in [-0.05, 0) is 31.5 Å². The number of halogens is 1.